The lowest BCUT2D eigenvalue weighted by atomic mass is 10.1. The predicted octanol–water partition coefficient (Wildman–Crippen LogP) is 3.06. The number of aromatic amines is 1. The molecule has 1 N–H and O–H groups in total. The van der Waals surface area contributed by atoms with Gasteiger partial charge >= 0.3 is 0 Å². The number of hydrogen-bond acceptors (Lipinski definition) is 3. The van der Waals surface area contributed by atoms with E-state index in [4.69, 9.17) is 16.3 Å². The van der Waals surface area contributed by atoms with Gasteiger partial charge in [-0.3, -0.25) is 4.79 Å². The Morgan fingerprint density at radius 3 is 2.95 bits per heavy atom. The molecule has 3 rings (SSSR count). The Kier molecular flexibility index (Phi) is 4.18. The van der Waals surface area contributed by atoms with E-state index in [0.29, 0.717) is 36.0 Å². The van der Waals surface area contributed by atoms with Crippen LogP contribution in [0.1, 0.15) is 6.92 Å². The Morgan fingerprint density at radius 2 is 2.18 bits per heavy atom. The zero-order valence-corrected chi connectivity index (χ0v) is 12.9. The van der Waals surface area contributed by atoms with E-state index in [-0.39, 0.29) is 11.6 Å². The van der Waals surface area contributed by atoms with E-state index in [1.165, 1.54) is 18.2 Å². The Morgan fingerprint density at radius 1 is 1.36 bits per heavy atom. The summed E-state index contributed by atoms with van der Waals surface area (Å²) in [6.07, 6.45) is 0. The maximum Gasteiger partial charge on any atom is 0.250 e. The van der Waals surface area contributed by atoms with Crippen LogP contribution in [0.5, 0.6) is 0 Å². The fourth-order valence-corrected chi connectivity index (χ4v) is 2.87. The topological polar surface area (TPSA) is 45.3 Å². The molecular weight excluding hydrogens is 307 g/mol. The van der Waals surface area contributed by atoms with Crippen LogP contribution < -0.4 is 10.5 Å². The highest BCUT2D eigenvalue weighted by molar-refractivity contribution is 6.33. The van der Waals surface area contributed by atoms with Crippen molar-refractivity contribution in [3.05, 3.63) is 51.5 Å². The monoisotopic (exact) mass is 322 g/mol. The number of halogens is 2. The molecule has 0 radical (unpaired) electrons. The number of anilines is 1. The van der Waals surface area contributed by atoms with Gasteiger partial charge in [0.1, 0.15) is 5.82 Å². The van der Waals surface area contributed by atoms with Crippen LogP contribution in [-0.4, -0.2) is 30.8 Å². The van der Waals surface area contributed by atoms with Crippen molar-refractivity contribution in [3.63, 3.8) is 0 Å². The lowest BCUT2D eigenvalue weighted by Gasteiger charge is -2.35. The smallest absolute Gasteiger partial charge is 0.250 e. The Labute approximate surface area is 132 Å². The highest BCUT2D eigenvalue weighted by Gasteiger charge is 2.20. The van der Waals surface area contributed by atoms with Gasteiger partial charge in [0.15, 0.2) is 0 Å². The van der Waals surface area contributed by atoms with Gasteiger partial charge in [-0.1, -0.05) is 11.6 Å². The lowest BCUT2D eigenvalue weighted by Crippen LogP contribution is -2.44. The number of rotatable bonds is 2. The summed E-state index contributed by atoms with van der Waals surface area (Å²) < 4.78 is 18.9. The van der Waals surface area contributed by atoms with Crippen LogP contribution in [0.3, 0.4) is 0 Å². The molecule has 1 unspecified atom stereocenters. The van der Waals surface area contributed by atoms with Crippen molar-refractivity contribution in [1.29, 1.82) is 0 Å². The zero-order valence-electron chi connectivity index (χ0n) is 12.1. The standard InChI is InChI=1S/C16H16ClFN2O2/c1-10-9-22-5-4-20(10)12-7-15(19-16(21)8-12)13-6-11(18)2-3-14(13)17/h2-3,6-8,10H,4-5,9H2,1H3,(H,19,21). The third-order valence-electron chi connectivity index (χ3n) is 3.75. The second kappa shape index (κ2) is 6.10. The maximum absolute atomic E-state index is 13.5. The van der Waals surface area contributed by atoms with Crippen LogP contribution in [0.15, 0.2) is 35.1 Å². The average Bonchev–Trinajstić information content (AvgIpc) is 2.49. The molecule has 0 saturated carbocycles. The van der Waals surface area contributed by atoms with Crippen molar-refractivity contribution >= 4 is 17.3 Å². The minimum absolute atomic E-state index is 0.173. The van der Waals surface area contributed by atoms with Gasteiger partial charge in [0.2, 0.25) is 5.56 Å². The van der Waals surface area contributed by atoms with E-state index < -0.39 is 5.82 Å². The first-order valence-corrected chi connectivity index (χ1v) is 7.46. The van der Waals surface area contributed by atoms with Crippen LogP contribution in [-0.2, 0) is 4.74 Å². The van der Waals surface area contributed by atoms with E-state index in [9.17, 15) is 9.18 Å². The predicted molar refractivity (Wildman–Crippen MR) is 85.1 cm³/mol. The first-order valence-electron chi connectivity index (χ1n) is 7.09. The van der Waals surface area contributed by atoms with Gasteiger partial charge in [0.25, 0.3) is 0 Å². The number of H-pyrrole nitrogens is 1. The highest BCUT2D eigenvalue weighted by Crippen LogP contribution is 2.29. The van der Waals surface area contributed by atoms with Gasteiger partial charge in [0, 0.05) is 29.9 Å². The molecule has 1 aromatic heterocycles. The minimum atomic E-state index is -0.398. The molecular formula is C16H16ClFN2O2. The molecule has 1 aliphatic heterocycles. The molecule has 1 fully saturated rings. The number of pyridine rings is 1. The van der Waals surface area contributed by atoms with E-state index in [0.717, 1.165) is 5.69 Å². The molecule has 1 aliphatic rings. The molecule has 2 aromatic rings. The fraction of sp³-hybridized carbons (Fsp3) is 0.312. The quantitative estimate of drug-likeness (QED) is 0.924. The van der Waals surface area contributed by atoms with E-state index in [2.05, 4.69) is 9.88 Å². The molecule has 0 amide bonds. The van der Waals surface area contributed by atoms with Gasteiger partial charge in [-0.15, -0.1) is 0 Å². The largest absolute Gasteiger partial charge is 0.377 e. The summed E-state index contributed by atoms with van der Waals surface area (Å²) in [4.78, 5) is 16.8. The number of benzene rings is 1. The van der Waals surface area contributed by atoms with Crippen LogP contribution >= 0.6 is 11.6 Å². The molecule has 116 valence electrons. The number of ether oxygens (including phenoxy) is 1. The number of aromatic nitrogens is 1. The van der Waals surface area contributed by atoms with Crippen molar-refractivity contribution in [2.75, 3.05) is 24.7 Å². The zero-order chi connectivity index (χ0) is 15.7. The average molecular weight is 323 g/mol. The number of nitrogens with one attached hydrogen (secondary N) is 1. The number of nitrogens with zero attached hydrogens (tertiary/aromatic N) is 1. The molecule has 1 atom stereocenters. The van der Waals surface area contributed by atoms with Gasteiger partial charge in [-0.25, -0.2) is 4.39 Å². The lowest BCUT2D eigenvalue weighted by molar-refractivity contribution is 0.0989. The third kappa shape index (κ3) is 3.00. The van der Waals surface area contributed by atoms with E-state index >= 15 is 0 Å². The van der Waals surface area contributed by atoms with Crippen LogP contribution in [0.2, 0.25) is 5.02 Å². The summed E-state index contributed by atoms with van der Waals surface area (Å²) in [5, 5.41) is 0.393. The van der Waals surface area contributed by atoms with Gasteiger partial charge in [-0.05, 0) is 31.2 Å². The minimum Gasteiger partial charge on any atom is -0.377 e. The van der Waals surface area contributed by atoms with E-state index in [1.807, 2.05) is 13.0 Å². The maximum atomic E-state index is 13.5. The molecule has 6 heteroatoms. The normalized spacial score (nSPS) is 18.5. The Hall–Kier alpha value is -1.85. The van der Waals surface area contributed by atoms with Crippen LogP contribution in [0.4, 0.5) is 10.1 Å². The second-order valence-electron chi connectivity index (χ2n) is 5.36. The molecule has 1 aromatic carbocycles. The van der Waals surface area contributed by atoms with Gasteiger partial charge in [-0.2, -0.15) is 0 Å². The molecule has 1 saturated heterocycles. The Balaban J connectivity index is 2.06. The Bertz CT molecular complexity index is 747. The van der Waals surface area contributed by atoms with Gasteiger partial charge in [0.05, 0.1) is 23.9 Å². The summed E-state index contributed by atoms with van der Waals surface area (Å²) in [5.74, 6) is -0.398. The fourth-order valence-electron chi connectivity index (χ4n) is 2.65. The summed E-state index contributed by atoms with van der Waals surface area (Å²) in [6, 6.07) is 7.63. The molecule has 0 bridgehead atoms. The third-order valence-corrected chi connectivity index (χ3v) is 4.08. The van der Waals surface area contributed by atoms with Crippen LogP contribution in [0, 0.1) is 5.82 Å². The van der Waals surface area contributed by atoms with Crippen molar-refractivity contribution in [2.45, 2.75) is 13.0 Å². The molecule has 4 nitrogen and oxygen atoms in total. The summed E-state index contributed by atoms with van der Waals surface area (Å²) in [6.45, 7) is 3.98. The van der Waals surface area contributed by atoms with Gasteiger partial charge < -0.3 is 14.6 Å². The summed E-state index contributed by atoms with van der Waals surface area (Å²) in [7, 11) is 0. The van der Waals surface area contributed by atoms with Crippen molar-refractivity contribution < 1.29 is 9.13 Å². The van der Waals surface area contributed by atoms with E-state index in [1.54, 1.807) is 6.07 Å². The summed E-state index contributed by atoms with van der Waals surface area (Å²) >= 11 is 6.13. The van der Waals surface area contributed by atoms with Crippen molar-refractivity contribution in [1.82, 2.24) is 4.98 Å². The molecule has 22 heavy (non-hydrogen) atoms. The summed E-state index contributed by atoms with van der Waals surface area (Å²) in [5.41, 5.74) is 1.52. The first kappa shape index (κ1) is 15.1. The number of hydrogen-bond donors (Lipinski definition) is 1. The van der Waals surface area contributed by atoms with Crippen molar-refractivity contribution in [3.8, 4) is 11.3 Å². The first-order chi connectivity index (χ1) is 10.5. The SMILES string of the molecule is CC1COCCN1c1cc(-c2cc(F)ccc2Cl)[nH]c(=O)c1. The van der Waals surface area contributed by atoms with Crippen LogP contribution in [0.25, 0.3) is 11.3 Å². The number of morpholine rings is 1. The molecule has 0 aliphatic carbocycles. The van der Waals surface area contributed by atoms with Crippen molar-refractivity contribution in [2.24, 2.45) is 0 Å². The molecule has 2 heterocycles. The molecule has 0 spiro atoms. The second-order valence-corrected chi connectivity index (χ2v) is 5.77. The highest BCUT2D eigenvalue weighted by atomic mass is 35.5.